The Morgan fingerprint density at radius 3 is 2.30 bits per heavy atom. The van der Waals surface area contributed by atoms with E-state index in [0.717, 1.165) is 5.69 Å². The summed E-state index contributed by atoms with van der Waals surface area (Å²) in [6.07, 6.45) is 7.10. The highest BCUT2D eigenvalue weighted by atomic mass is 16.1. The minimum Gasteiger partial charge on any atom is -0.322 e. The maximum Gasteiger partial charge on any atom is 0.261 e. The largest absolute Gasteiger partial charge is 0.322 e. The van der Waals surface area contributed by atoms with Crippen LogP contribution in [0.1, 0.15) is 21.6 Å². The van der Waals surface area contributed by atoms with Gasteiger partial charge in [-0.3, -0.25) is 9.78 Å². The van der Waals surface area contributed by atoms with Crippen LogP contribution in [0.3, 0.4) is 0 Å². The van der Waals surface area contributed by atoms with Gasteiger partial charge in [0.05, 0.1) is 11.4 Å². The minimum atomic E-state index is -0.208. The van der Waals surface area contributed by atoms with Gasteiger partial charge in [-0.2, -0.15) is 5.10 Å². The van der Waals surface area contributed by atoms with Crippen LogP contribution in [0.25, 0.3) is 11.5 Å². The van der Waals surface area contributed by atoms with E-state index in [9.17, 15) is 4.79 Å². The van der Waals surface area contributed by atoms with Gasteiger partial charge in [0.1, 0.15) is 5.56 Å². The van der Waals surface area contributed by atoms with E-state index in [2.05, 4.69) is 15.4 Å². The first-order valence-electron chi connectivity index (χ1n) is 8.65. The molecule has 27 heavy (non-hydrogen) atoms. The molecule has 0 aliphatic heterocycles. The molecular formula is C21H19N5O. The van der Waals surface area contributed by atoms with Crippen molar-refractivity contribution in [2.75, 3.05) is 5.32 Å². The number of anilines is 1. The number of aryl methyl sites for hydroxylation is 2. The molecule has 1 amide bonds. The van der Waals surface area contributed by atoms with Crippen LogP contribution in [0, 0.1) is 13.8 Å². The van der Waals surface area contributed by atoms with Crippen molar-refractivity contribution < 1.29 is 4.79 Å². The van der Waals surface area contributed by atoms with Gasteiger partial charge >= 0.3 is 0 Å². The Bertz CT molecular complexity index is 1060. The SMILES string of the molecule is Cc1ccc(-n2nc(C)c(C(=O)Nc3ccncc3)c2-n2cccc2)cc1. The lowest BCUT2D eigenvalue weighted by molar-refractivity contribution is 0.102. The third-order valence-electron chi connectivity index (χ3n) is 4.33. The number of hydrogen-bond acceptors (Lipinski definition) is 3. The molecule has 134 valence electrons. The Balaban J connectivity index is 1.84. The lowest BCUT2D eigenvalue weighted by atomic mass is 10.2. The molecule has 0 radical (unpaired) electrons. The maximum atomic E-state index is 13.1. The quantitative estimate of drug-likeness (QED) is 0.602. The monoisotopic (exact) mass is 357 g/mol. The van der Waals surface area contributed by atoms with Gasteiger partial charge < -0.3 is 9.88 Å². The molecule has 0 atom stereocenters. The normalized spacial score (nSPS) is 10.7. The molecule has 0 saturated carbocycles. The molecule has 0 spiro atoms. The Kier molecular flexibility index (Phi) is 4.30. The molecule has 1 aromatic carbocycles. The molecule has 3 heterocycles. The first-order valence-corrected chi connectivity index (χ1v) is 8.65. The first kappa shape index (κ1) is 16.8. The van der Waals surface area contributed by atoms with Crippen LogP contribution >= 0.6 is 0 Å². The van der Waals surface area contributed by atoms with Crippen molar-refractivity contribution in [3.63, 3.8) is 0 Å². The van der Waals surface area contributed by atoms with Gasteiger partial charge in [-0.15, -0.1) is 0 Å². The number of carbonyl (C=O) groups excluding carboxylic acids is 1. The molecule has 4 aromatic rings. The third-order valence-corrected chi connectivity index (χ3v) is 4.33. The number of amides is 1. The summed E-state index contributed by atoms with van der Waals surface area (Å²) in [5.74, 6) is 0.494. The summed E-state index contributed by atoms with van der Waals surface area (Å²) in [6, 6.07) is 15.4. The predicted octanol–water partition coefficient (Wildman–Crippen LogP) is 3.93. The number of pyridine rings is 1. The fraction of sp³-hybridized carbons (Fsp3) is 0.0952. The average Bonchev–Trinajstić information content (AvgIpc) is 3.30. The standard InChI is InChI=1S/C21H19N5O/c1-15-5-7-18(8-6-15)26-21(25-13-3-4-14-25)19(16(2)24-26)20(27)23-17-9-11-22-12-10-17/h3-14H,1-2H3,(H,22,23,27). The van der Waals surface area contributed by atoms with E-state index in [1.807, 2.05) is 67.2 Å². The van der Waals surface area contributed by atoms with Crippen molar-refractivity contribution in [1.29, 1.82) is 0 Å². The summed E-state index contributed by atoms with van der Waals surface area (Å²) in [5, 5.41) is 7.58. The molecule has 0 bridgehead atoms. The second-order valence-corrected chi connectivity index (χ2v) is 6.31. The molecular weight excluding hydrogens is 338 g/mol. The Morgan fingerprint density at radius 1 is 0.963 bits per heavy atom. The highest BCUT2D eigenvalue weighted by Gasteiger charge is 2.23. The number of nitrogens with one attached hydrogen (secondary N) is 1. The van der Waals surface area contributed by atoms with Crippen LogP contribution in [0.2, 0.25) is 0 Å². The summed E-state index contributed by atoms with van der Waals surface area (Å²) in [4.78, 5) is 17.0. The Hall–Kier alpha value is -3.67. The van der Waals surface area contributed by atoms with Crippen LogP contribution in [-0.2, 0) is 0 Å². The van der Waals surface area contributed by atoms with Gasteiger partial charge in [0, 0.05) is 30.5 Å². The van der Waals surface area contributed by atoms with E-state index >= 15 is 0 Å². The van der Waals surface area contributed by atoms with Crippen LogP contribution in [0.15, 0.2) is 73.3 Å². The zero-order valence-electron chi connectivity index (χ0n) is 15.1. The van der Waals surface area contributed by atoms with Gasteiger partial charge in [-0.05, 0) is 50.2 Å². The lowest BCUT2D eigenvalue weighted by Crippen LogP contribution is -2.16. The van der Waals surface area contributed by atoms with Crippen molar-refractivity contribution in [2.45, 2.75) is 13.8 Å². The Labute approximate surface area is 157 Å². The van der Waals surface area contributed by atoms with E-state index < -0.39 is 0 Å². The van der Waals surface area contributed by atoms with Crippen LogP contribution < -0.4 is 5.32 Å². The summed E-state index contributed by atoms with van der Waals surface area (Å²) >= 11 is 0. The zero-order valence-corrected chi connectivity index (χ0v) is 15.1. The van der Waals surface area contributed by atoms with Gasteiger partial charge in [0.2, 0.25) is 0 Å². The summed E-state index contributed by atoms with van der Waals surface area (Å²) in [5.41, 5.74) is 3.95. The number of nitrogens with zero attached hydrogens (tertiary/aromatic N) is 4. The molecule has 4 rings (SSSR count). The van der Waals surface area contributed by atoms with E-state index in [4.69, 9.17) is 0 Å². The number of rotatable bonds is 4. The van der Waals surface area contributed by atoms with Crippen molar-refractivity contribution in [3.8, 4) is 11.5 Å². The third kappa shape index (κ3) is 3.25. The van der Waals surface area contributed by atoms with Crippen LogP contribution in [0.5, 0.6) is 0 Å². The average molecular weight is 357 g/mol. The van der Waals surface area contributed by atoms with Crippen molar-refractivity contribution in [1.82, 2.24) is 19.3 Å². The first-order chi connectivity index (χ1) is 13.1. The number of benzene rings is 1. The molecule has 0 saturated heterocycles. The number of carbonyl (C=O) groups is 1. The smallest absolute Gasteiger partial charge is 0.261 e. The summed E-state index contributed by atoms with van der Waals surface area (Å²) < 4.78 is 3.71. The van der Waals surface area contributed by atoms with Gasteiger partial charge in [-0.1, -0.05) is 17.7 Å². The summed E-state index contributed by atoms with van der Waals surface area (Å²) in [7, 11) is 0. The van der Waals surface area contributed by atoms with E-state index in [0.29, 0.717) is 22.8 Å². The second kappa shape index (κ2) is 6.92. The molecule has 6 heteroatoms. The molecule has 0 aliphatic rings. The molecule has 3 aromatic heterocycles. The van der Waals surface area contributed by atoms with Crippen LogP contribution in [0.4, 0.5) is 5.69 Å². The fourth-order valence-corrected chi connectivity index (χ4v) is 2.99. The second-order valence-electron chi connectivity index (χ2n) is 6.31. The van der Waals surface area contributed by atoms with Gasteiger partial charge in [0.25, 0.3) is 5.91 Å². The van der Waals surface area contributed by atoms with Gasteiger partial charge in [0.15, 0.2) is 5.82 Å². The Morgan fingerprint density at radius 2 is 1.63 bits per heavy atom. The number of hydrogen-bond donors (Lipinski definition) is 1. The van der Waals surface area contributed by atoms with Gasteiger partial charge in [-0.25, -0.2) is 4.68 Å². The molecule has 1 N–H and O–H groups in total. The maximum absolute atomic E-state index is 13.1. The molecule has 0 aliphatic carbocycles. The minimum absolute atomic E-state index is 0.208. The van der Waals surface area contributed by atoms with E-state index in [-0.39, 0.29) is 5.91 Å². The van der Waals surface area contributed by atoms with Crippen molar-refractivity contribution >= 4 is 11.6 Å². The topological polar surface area (TPSA) is 64.7 Å². The van der Waals surface area contributed by atoms with Crippen molar-refractivity contribution in [2.24, 2.45) is 0 Å². The number of aromatic nitrogens is 4. The predicted molar refractivity (Wildman–Crippen MR) is 105 cm³/mol. The molecule has 6 nitrogen and oxygen atoms in total. The van der Waals surface area contributed by atoms with Crippen molar-refractivity contribution in [3.05, 3.63) is 90.1 Å². The highest BCUT2D eigenvalue weighted by molar-refractivity contribution is 6.07. The molecule has 0 unspecified atom stereocenters. The summed E-state index contributed by atoms with van der Waals surface area (Å²) in [6.45, 7) is 3.89. The molecule has 0 fully saturated rings. The van der Waals surface area contributed by atoms with E-state index in [1.165, 1.54) is 5.56 Å². The zero-order chi connectivity index (χ0) is 18.8. The van der Waals surface area contributed by atoms with Crippen LogP contribution in [-0.4, -0.2) is 25.2 Å². The fourth-order valence-electron chi connectivity index (χ4n) is 2.99. The lowest BCUT2D eigenvalue weighted by Gasteiger charge is -2.11. The van der Waals surface area contributed by atoms with E-state index in [1.54, 1.807) is 29.2 Å². The highest BCUT2D eigenvalue weighted by Crippen LogP contribution is 2.24.